The Kier molecular flexibility index (Phi) is 9.23. The minimum Gasteiger partial charge on any atom is -0.494 e. The summed E-state index contributed by atoms with van der Waals surface area (Å²) in [5, 5.41) is 11.3. The molecule has 2 aromatic rings. The molecule has 0 spiro atoms. The van der Waals surface area contributed by atoms with Crippen molar-refractivity contribution < 1.29 is 22.6 Å². The van der Waals surface area contributed by atoms with Gasteiger partial charge in [0.15, 0.2) is 5.96 Å². The Bertz CT molecular complexity index is 1170. The van der Waals surface area contributed by atoms with Gasteiger partial charge in [-0.15, -0.1) is 0 Å². The zero-order chi connectivity index (χ0) is 28.0. The summed E-state index contributed by atoms with van der Waals surface area (Å²) in [6.07, 6.45) is 1.89. The Labute approximate surface area is 228 Å². The molecular formula is C30H39F3N4O2. The molecule has 0 amide bonds. The first-order chi connectivity index (χ1) is 18.6. The minimum absolute atomic E-state index is 0.0217. The molecule has 1 saturated heterocycles. The highest BCUT2D eigenvalue weighted by Gasteiger charge is 2.43. The smallest absolute Gasteiger partial charge is 0.416 e. The molecule has 212 valence electrons. The first-order valence-corrected chi connectivity index (χ1v) is 13.7. The third-order valence-corrected chi connectivity index (χ3v) is 7.45. The standard InChI is InChI=1S/C30H39F3N4O2/c1-3-17-38-25-14-10-21(11-15-25)8-12-24-13-9-23(18-26(24)30(31,32)33)19-36-29(2,39-20-22-6-7-22)27-5-4-16-37(27)28(34)35/h6,9-11,13-15,18,27,36H,3-5,7-8,12,16-17,19-20H2,1-2H3,(H3,34,35)/t27-,29?/m0/s1. The van der Waals surface area contributed by atoms with Crippen molar-refractivity contribution in [1.29, 1.82) is 5.41 Å². The first kappa shape index (κ1) is 29.0. The number of hydrogen-bond donors (Lipinski definition) is 3. The van der Waals surface area contributed by atoms with Crippen molar-refractivity contribution in [2.75, 3.05) is 19.8 Å². The summed E-state index contributed by atoms with van der Waals surface area (Å²) in [7, 11) is 0. The molecule has 0 saturated carbocycles. The Morgan fingerprint density at radius 2 is 1.85 bits per heavy atom. The third kappa shape index (κ3) is 7.76. The van der Waals surface area contributed by atoms with Crippen molar-refractivity contribution in [2.45, 2.75) is 76.9 Å². The summed E-state index contributed by atoms with van der Waals surface area (Å²) < 4.78 is 54.1. The number of likely N-dealkylation sites (tertiary alicyclic amines) is 1. The Morgan fingerprint density at radius 1 is 1.13 bits per heavy atom. The number of ether oxygens (including phenoxy) is 2. The number of nitrogens with one attached hydrogen (secondary N) is 2. The minimum atomic E-state index is -4.46. The summed E-state index contributed by atoms with van der Waals surface area (Å²) in [6, 6.07) is 11.9. The van der Waals surface area contributed by atoms with Crippen LogP contribution in [0, 0.1) is 5.41 Å². The molecule has 1 fully saturated rings. The largest absolute Gasteiger partial charge is 0.494 e. The van der Waals surface area contributed by atoms with Crippen LogP contribution in [0.1, 0.15) is 61.8 Å². The molecule has 2 atom stereocenters. The second-order valence-electron chi connectivity index (χ2n) is 10.5. The van der Waals surface area contributed by atoms with Gasteiger partial charge in [0.05, 0.1) is 24.8 Å². The van der Waals surface area contributed by atoms with Gasteiger partial charge in [0.25, 0.3) is 0 Å². The summed E-state index contributed by atoms with van der Waals surface area (Å²) >= 11 is 0. The zero-order valence-electron chi connectivity index (χ0n) is 22.7. The van der Waals surface area contributed by atoms with Crippen LogP contribution in [0.3, 0.4) is 0 Å². The van der Waals surface area contributed by atoms with Crippen molar-refractivity contribution in [3.05, 3.63) is 76.4 Å². The van der Waals surface area contributed by atoms with Gasteiger partial charge in [-0.3, -0.25) is 10.7 Å². The van der Waals surface area contributed by atoms with Crippen molar-refractivity contribution in [3.8, 4) is 5.75 Å². The second kappa shape index (κ2) is 12.4. The molecule has 2 aromatic carbocycles. The van der Waals surface area contributed by atoms with Crippen molar-refractivity contribution in [1.82, 2.24) is 10.2 Å². The fraction of sp³-hybridized carbons (Fsp3) is 0.500. The van der Waals surface area contributed by atoms with E-state index in [4.69, 9.17) is 20.6 Å². The molecule has 0 radical (unpaired) electrons. The maximum Gasteiger partial charge on any atom is 0.416 e. The predicted molar refractivity (Wildman–Crippen MR) is 147 cm³/mol. The number of rotatable bonds is 13. The zero-order valence-corrected chi connectivity index (χ0v) is 22.7. The topological polar surface area (TPSA) is 83.6 Å². The normalized spacial score (nSPS) is 18.5. The highest BCUT2D eigenvalue weighted by atomic mass is 19.4. The molecule has 39 heavy (non-hydrogen) atoms. The Morgan fingerprint density at radius 3 is 2.49 bits per heavy atom. The van der Waals surface area contributed by atoms with Gasteiger partial charge in [0, 0.05) is 13.1 Å². The van der Waals surface area contributed by atoms with E-state index in [1.165, 1.54) is 11.6 Å². The number of aryl methyl sites for hydroxylation is 2. The van der Waals surface area contributed by atoms with Crippen molar-refractivity contribution in [3.63, 3.8) is 0 Å². The van der Waals surface area contributed by atoms with Crippen molar-refractivity contribution in [2.24, 2.45) is 5.73 Å². The number of benzene rings is 2. The van der Waals surface area contributed by atoms with Crippen LogP contribution in [0.4, 0.5) is 13.2 Å². The maximum absolute atomic E-state index is 14.1. The van der Waals surface area contributed by atoms with E-state index in [0.29, 0.717) is 31.7 Å². The predicted octanol–water partition coefficient (Wildman–Crippen LogP) is 5.79. The van der Waals surface area contributed by atoms with Gasteiger partial charge < -0.3 is 20.1 Å². The lowest BCUT2D eigenvalue weighted by molar-refractivity contribution is -0.138. The Hall–Kier alpha value is -3.04. The molecule has 1 unspecified atom stereocenters. The molecule has 0 bridgehead atoms. The molecule has 1 aliphatic carbocycles. The van der Waals surface area contributed by atoms with E-state index in [0.717, 1.165) is 37.0 Å². The van der Waals surface area contributed by atoms with Gasteiger partial charge in [-0.1, -0.05) is 37.3 Å². The second-order valence-corrected chi connectivity index (χ2v) is 10.5. The van der Waals surface area contributed by atoms with Crippen LogP contribution in [-0.4, -0.2) is 42.4 Å². The molecular weight excluding hydrogens is 505 g/mol. The van der Waals surface area contributed by atoms with Gasteiger partial charge in [0.1, 0.15) is 11.5 Å². The number of nitrogens with zero attached hydrogens (tertiary/aromatic N) is 1. The number of hydrogen-bond acceptors (Lipinski definition) is 4. The Balaban J connectivity index is 1.46. The van der Waals surface area contributed by atoms with E-state index in [-0.39, 0.29) is 30.5 Å². The molecule has 4 N–H and O–H groups in total. The molecule has 6 nitrogen and oxygen atoms in total. The number of alkyl halides is 3. The SMILES string of the molecule is CCCOc1ccc(CCc2ccc(CNC(C)(OCC3=CC3)[C@@H]3CCCN3C(=N)N)cc2C(F)(F)F)cc1. The van der Waals surface area contributed by atoms with Gasteiger partial charge in [0.2, 0.25) is 0 Å². The molecule has 1 heterocycles. The summed E-state index contributed by atoms with van der Waals surface area (Å²) in [6.45, 7) is 5.87. The van der Waals surface area contributed by atoms with Crippen LogP contribution in [-0.2, 0) is 30.3 Å². The molecule has 2 aliphatic rings. The van der Waals surface area contributed by atoms with Crippen LogP contribution < -0.4 is 15.8 Å². The molecule has 0 aromatic heterocycles. The number of guanidine groups is 1. The fourth-order valence-electron chi connectivity index (χ4n) is 5.07. The van der Waals surface area contributed by atoms with Crippen LogP contribution in [0.5, 0.6) is 5.75 Å². The highest BCUT2D eigenvalue weighted by Crippen LogP contribution is 2.34. The molecule has 1 aliphatic heterocycles. The number of halogens is 3. The quantitative estimate of drug-likeness (QED) is 0.129. The van der Waals surface area contributed by atoms with E-state index in [9.17, 15) is 13.2 Å². The van der Waals surface area contributed by atoms with Crippen LogP contribution in [0.15, 0.2) is 54.1 Å². The summed E-state index contributed by atoms with van der Waals surface area (Å²) in [4.78, 5) is 1.81. The lowest BCUT2D eigenvalue weighted by atomic mass is 9.96. The highest BCUT2D eigenvalue weighted by molar-refractivity contribution is 5.75. The third-order valence-electron chi connectivity index (χ3n) is 7.45. The van der Waals surface area contributed by atoms with Crippen LogP contribution in [0.2, 0.25) is 0 Å². The van der Waals surface area contributed by atoms with Gasteiger partial charge >= 0.3 is 6.18 Å². The van der Waals surface area contributed by atoms with E-state index >= 15 is 0 Å². The maximum atomic E-state index is 14.1. The molecule has 4 rings (SSSR count). The lowest BCUT2D eigenvalue weighted by Crippen LogP contribution is -2.60. The van der Waals surface area contributed by atoms with Gasteiger partial charge in [-0.05, 0) is 85.9 Å². The van der Waals surface area contributed by atoms with Gasteiger partial charge in [-0.25, -0.2) is 0 Å². The van der Waals surface area contributed by atoms with E-state index in [2.05, 4.69) is 11.4 Å². The first-order valence-electron chi connectivity index (χ1n) is 13.7. The van der Waals surface area contributed by atoms with E-state index in [1.54, 1.807) is 17.0 Å². The average Bonchev–Trinajstić information content (AvgIpc) is 3.60. The lowest BCUT2D eigenvalue weighted by Gasteiger charge is -2.41. The van der Waals surface area contributed by atoms with E-state index in [1.807, 2.05) is 38.1 Å². The summed E-state index contributed by atoms with van der Waals surface area (Å²) in [5.74, 6) is 0.744. The number of allylic oxidation sites excluding steroid dienone is 1. The van der Waals surface area contributed by atoms with Crippen LogP contribution in [0.25, 0.3) is 0 Å². The molecule has 9 heteroatoms. The van der Waals surface area contributed by atoms with Crippen molar-refractivity contribution >= 4 is 5.96 Å². The van der Waals surface area contributed by atoms with Crippen LogP contribution >= 0.6 is 0 Å². The van der Waals surface area contributed by atoms with Gasteiger partial charge in [-0.2, -0.15) is 13.2 Å². The fourth-order valence-corrected chi connectivity index (χ4v) is 5.07. The summed E-state index contributed by atoms with van der Waals surface area (Å²) in [5.41, 5.74) is 7.29. The van der Waals surface area contributed by atoms with E-state index < -0.39 is 17.5 Å². The number of nitrogens with two attached hydrogens (primary N) is 1. The average molecular weight is 545 g/mol. The monoisotopic (exact) mass is 544 g/mol.